The molecule has 0 spiro atoms. The summed E-state index contributed by atoms with van der Waals surface area (Å²) >= 11 is 0. The Labute approximate surface area is 403 Å². The summed E-state index contributed by atoms with van der Waals surface area (Å²) in [5, 5.41) is 0.963. The van der Waals surface area contributed by atoms with Gasteiger partial charge in [0.05, 0.1) is 27.0 Å². The molecule has 0 unspecified atom stereocenters. The predicted octanol–water partition coefficient (Wildman–Crippen LogP) is 11.4. The average molecular weight is 934 g/mol. The van der Waals surface area contributed by atoms with Crippen molar-refractivity contribution in [2.75, 3.05) is 21.3 Å². The molecule has 0 amide bonds. The number of rotatable bonds is 13. The van der Waals surface area contributed by atoms with Crippen LogP contribution >= 0.6 is 0 Å². The standard InChI is InChI=1S/C58H47NO11/c1-34-7-13-37(14-8-34)19-24-51(60)67-44-23-22-41(30-46(44)64-4)54-55-43-32-48(66-6)50(69-53(62)26-21-39-17-11-36(3)12-18-39)33-45(43)70-58(63)57(55)59-28-27-40-29-47(65-5)49(31-42(40)56(54)59)68-52(61)25-20-38-15-9-35(2)10-16-38/h7-26,29-33H,27-28H2,1-6H3/b24-19+,25-20+,26-21+. The Balaban J connectivity index is 1.18. The van der Waals surface area contributed by atoms with Crippen molar-refractivity contribution in [1.82, 2.24) is 4.57 Å². The first-order valence-electron chi connectivity index (χ1n) is 22.4. The molecule has 0 saturated heterocycles. The molecular weight excluding hydrogens is 887 g/mol. The number of carbonyl (C=O) groups is 3. The topological polar surface area (TPSA) is 142 Å². The number of nitrogens with zero attached hydrogens (tertiary/aromatic N) is 1. The van der Waals surface area contributed by atoms with E-state index in [-0.39, 0.29) is 39.8 Å². The van der Waals surface area contributed by atoms with Crippen LogP contribution < -0.4 is 34.0 Å². The number of methoxy groups -OCH3 is 3. The second-order valence-electron chi connectivity index (χ2n) is 16.8. The van der Waals surface area contributed by atoms with Crippen LogP contribution in [-0.4, -0.2) is 43.8 Å². The first kappa shape index (κ1) is 46.2. The van der Waals surface area contributed by atoms with Gasteiger partial charge in [-0.05, 0) is 104 Å². The quantitative estimate of drug-likeness (QED) is 0.0472. The number of aryl methyl sites for hydroxylation is 5. The first-order chi connectivity index (χ1) is 33.9. The summed E-state index contributed by atoms with van der Waals surface area (Å²) in [5.41, 5.74) is 8.74. The van der Waals surface area contributed by atoms with Crippen molar-refractivity contribution in [1.29, 1.82) is 0 Å². The van der Waals surface area contributed by atoms with Gasteiger partial charge in [-0.1, -0.05) is 95.6 Å². The highest BCUT2D eigenvalue weighted by atomic mass is 16.6. The molecule has 3 heterocycles. The molecule has 0 N–H and O–H groups in total. The Morgan fingerprint density at radius 2 is 1.01 bits per heavy atom. The number of hydrogen-bond donors (Lipinski definition) is 0. The maximum Gasteiger partial charge on any atom is 0.361 e. The zero-order valence-electron chi connectivity index (χ0n) is 39.3. The van der Waals surface area contributed by atoms with Gasteiger partial charge in [0.2, 0.25) is 0 Å². The molecule has 0 atom stereocenters. The van der Waals surface area contributed by atoms with Crippen LogP contribution in [0.15, 0.2) is 143 Å². The van der Waals surface area contributed by atoms with E-state index in [1.165, 1.54) is 45.6 Å². The number of carbonyl (C=O) groups excluding carboxylic acids is 3. The number of hydrogen-bond acceptors (Lipinski definition) is 11. The van der Waals surface area contributed by atoms with Crippen LogP contribution in [0.1, 0.15) is 38.9 Å². The molecule has 1 aliphatic rings. The second kappa shape index (κ2) is 19.7. The SMILES string of the molecule is COc1cc(-c2c3n(c4c(=O)oc5cc(OC(=O)/C=C/c6ccc(C)cc6)c(OC)cc5c24)CCc2cc(OC)c(OC(=O)/C=C/c4ccc(C)cc4)cc2-3)ccc1OC(=O)/C=C/c1ccc(C)cc1. The monoisotopic (exact) mass is 933 g/mol. The molecule has 0 radical (unpaired) electrons. The number of fused-ring (bicyclic) bond motifs is 7. The predicted molar refractivity (Wildman–Crippen MR) is 270 cm³/mol. The van der Waals surface area contributed by atoms with Gasteiger partial charge in [-0.3, -0.25) is 0 Å². The van der Waals surface area contributed by atoms with Gasteiger partial charge in [-0.2, -0.15) is 0 Å². The van der Waals surface area contributed by atoms with Gasteiger partial charge in [-0.25, -0.2) is 19.2 Å². The Bertz CT molecular complexity index is 3500. The Kier molecular flexibility index (Phi) is 13.0. The van der Waals surface area contributed by atoms with Crippen LogP contribution in [0.25, 0.3) is 62.5 Å². The maximum absolute atomic E-state index is 14.5. The van der Waals surface area contributed by atoms with E-state index in [0.29, 0.717) is 51.9 Å². The van der Waals surface area contributed by atoms with E-state index in [4.69, 9.17) is 32.8 Å². The summed E-state index contributed by atoms with van der Waals surface area (Å²) in [4.78, 5) is 54.2. The summed E-state index contributed by atoms with van der Waals surface area (Å²) in [6.45, 7) is 6.30. The number of ether oxygens (including phenoxy) is 6. The van der Waals surface area contributed by atoms with Gasteiger partial charge in [0, 0.05) is 52.7 Å². The smallest absolute Gasteiger partial charge is 0.361 e. The lowest BCUT2D eigenvalue weighted by Gasteiger charge is -2.23. The minimum atomic E-state index is -0.672. The van der Waals surface area contributed by atoms with Gasteiger partial charge >= 0.3 is 23.5 Å². The highest BCUT2D eigenvalue weighted by Gasteiger charge is 2.32. The minimum absolute atomic E-state index is 0.0335. The lowest BCUT2D eigenvalue weighted by atomic mass is 9.91. The van der Waals surface area contributed by atoms with E-state index in [0.717, 1.165) is 38.9 Å². The molecule has 0 saturated carbocycles. The van der Waals surface area contributed by atoms with Crippen molar-refractivity contribution in [2.24, 2.45) is 0 Å². The third-order valence-electron chi connectivity index (χ3n) is 12.0. The van der Waals surface area contributed by atoms with E-state index < -0.39 is 23.5 Å². The molecule has 12 nitrogen and oxygen atoms in total. The molecule has 350 valence electrons. The van der Waals surface area contributed by atoms with Gasteiger partial charge in [0.15, 0.2) is 34.5 Å². The van der Waals surface area contributed by atoms with Gasteiger partial charge in [0.1, 0.15) is 11.1 Å². The first-order valence-corrected chi connectivity index (χ1v) is 22.4. The number of esters is 3. The third kappa shape index (κ3) is 9.61. The fourth-order valence-electron chi connectivity index (χ4n) is 8.45. The van der Waals surface area contributed by atoms with E-state index in [9.17, 15) is 19.2 Å². The second-order valence-corrected chi connectivity index (χ2v) is 16.8. The van der Waals surface area contributed by atoms with Crippen molar-refractivity contribution in [3.05, 3.63) is 183 Å². The fourth-order valence-corrected chi connectivity index (χ4v) is 8.45. The van der Waals surface area contributed by atoms with Crippen LogP contribution in [0.4, 0.5) is 0 Å². The lowest BCUT2D eigenvalue weighted by molar-refractivity contribution is -0.129. The molecule has 8 aromatic rings. The summed E-state index contributed by atoms with van der Waals surface area (Å²) in [6, 6.07) is 34.9. The highest BCUT2D eigenvalue weighted by molar-refractivity contribution is 6.17. The Morgan fingerprint density at radius 3 is 1.53 bits per heavy atom. The largest absolute Gasteiger partial charge is 0.493 e. The zero-order valence-corrected chi connectivity index (χ0v) is 39.3. The van der Waals surface area contributed by atoms with Crippen molar-refractivity contribution in [3.63, 3.8) is 0 Å². The fraction of sp³-hybridized carbons (Fsp3) is 0.138. The van der Waals surface area contributed by atoms with Crippen molar-refractivity contribution in [3.8, 4) is 56.9 Å². The van der Waals surface area contributed by atoms with E-state index in [2.05, 4.69) is 0 Å². The number of aromatic nitrogens is 1. The molecule has 2 aromatic heterocycles. The highest BCUT2D eigenvalue weighted by Crippen LogP contribution is 2.50. The molecule has 70 heavy (non-hydrogen) atoms. The van der Waals surface area contributed by atoms with Crippen LogP contribution in [-0.2, 0) is 27.3 Å². The van der Waals surface area contributed by atoms with E-state index in [1.807, 2.05) is 104 Å². The summed E-state index contributed by atoms with van der Waals surface area (Å²) in [5.74, 6) is -0.780. The molecule has 12 heteroatoms. The summed E-state index contributed by atoms with van der Waals surface area (Å²) in [7, 11) is 4.42. The molecule has 6 aromatic carbocycles. The van der Waals surface area contributed by atoms with Crippen LogP contribution in [0, 0.1) is 20.8 Å². The van der Waals surface area contributed by atoms with Crippen molar-refractivity contribution >= 4 is 58.0 Å². The van der Waals surface area contributed by atoms with Crippen molar-refractivity contribution in [2.45, 2.75) is 33.7 Å². The van der Waals surface area contributed by atoms with E-state index in [1.54, 1.807) is 48.6 Å². The van der Waals surface area contributed by atoms with E-state index >= 15 is 0 Å². The Morgan fingerprint density at radius 1 is 0.543 bits per heavy atom. The van der Waals surface area contributed by atoms with Gasteiger partial charge in [-0.15, -0.1) is 0 Å². The van der Waals surface area contributed by atoms with Crippen molar-refractivity contribution < 1.29 is 47.2 Å². The maximum atomic E-state index is 14.5. The molecular formula is C58H47NO11. The molecule has 9 rings (SSSR count). The number of benzene rings is 6. The van der Waals surface area contributed by atoms with Crippen LogP contribution in [0.2, 0.25) is 0 Å². The minimum Gasteiger partial charge on any atom is -0.493 e. The van der Waals surface area contributed by atoms with Gasteiger partial charge in [0.25, 0.3) is 0 Å². The third-order valence-corrected chi connectivity index (χ3v) is 12.0. The Hall–Kier alpha value is -8.90. The molecule has 1 aliphatic heterocycles. The molecule has 0 fully saturated rings. The lowest BCUT2D eigenvalue weighted by Crippen LogP contribution is -2.15. The summed E-state index contributed by atoms with van der Waals surface area (Å²) in [6.07, 6.45) is 9.45. The van der Waals surface area contributed by atoms with Crippen LogP contribution in [0.3, 0.4) is 0 Å². The van der Waals surface area contributed by atoms with Gasteiger partial charge < -0.3 is 37.4 Å². The average Bonchev–Trinajstić information content (AvgIpc) is 3.72. The summed E-state index contributed by atoms with van der Waals surface area (Å²) < 4.78 is 42.9. The molecule has 0 bridgehead atoms. The normalized spacial score (nSPS) is 12.1. The molecule has 0 aliphatic carbocycles. The zero-order chi connectivity index (χ0) is 49.1. The van der Waals surface area contributed by atoms with Crippen LogP contribution in [0.5, 0.6) is 34.5 Å².